The van der Waals surface area contributed by atoms with E-state index in [4.69, 9.17) is 4.74 Å². The Morgan fingerprint density at radius 3 is 2.89 bits per heavy atom. The standard InChI is InChI=1S/C15H19NOS/c1-3-8-17-15-10-12(2)6-7-14(15)16-11-13-5-4-9-18-13/h4-7,9-10,16H,3,8,11H2,1-2H3. The van der Waals surface area contributed by atoms with Crippen LogP contribution in [0.2, 0.25) is 0 Å². The highest BCUT2D eigenvalue weighted by Gasteiger charge is 2.04. The summed E-state index contributed by atoms with van der Waals surface area (Å²) in [7, 11) is 0. The van der Waals surface area contributed by atoms with Gasteiger partial charge < -0.3 is 10.1 Å². The molecule has 1 aromatic heterocycles. The number of nitrogens with one attached hydrogen (secondary N) is 1. The quantitative estimate of drug-likeness (QED) is 0.829. The Balaban J connectivity index is 2.05. The number of benzene rings is 1. The first-order chi connectivity index (χ1) is 8.79. The number of thiophene rings is 1. The fourth-order valence-corrected chi connectivity index (χ4v) is 2.35. The average molecular weight is 261 g/mol. The van der Waals surface area contributed by atoms with Gasteiger partial charge >= 0.3 is 0 Å². The highest BCUT2D eigenvalue weighted by molar-refractivity contribution is 7.09. The molecule has 1 N–H and O–H groups in total. The molecule has 0 saturated carbocycles. The summed E-state index contributed by atoms with van der Waals surface area (Å²) in [6, 6.07) is 10.5. The number of hydrogen-bond donors (Lipinski definition) is 1. The largest absolute Gasteiger partial charge is 0.491 e. The van der Waals surface area contributed by atoms with Crippen molar-refractivity contribution >= 4 is 17.0 Å². The van der Waals surface area contributed by atoms with Gasteiger partial charge in [-0.15, -0.1) is 11.3 Å². The second-order valence-corrected chi connectivity index (χ2v) is 5.31. The zero-order valence-corrected chi connectivity index (χ0v) is 11.7. The van der Waals surface area contributed by atoms with Gasteiger partial charge in [-0.2, -0.15) is 0 Å². The molecule has 0 saturated heterocycles. The molecule has 0 amide bonds. The van der Waals surface area contributed by atoms with Crippen LogP contribution in [-0.4, -0.2) is 6.61 Å². The molecule has 3 heteroatoms. The van der Waals surface area contributed by atoms with Gasteiger partial charge in [0.2, 0.25) is 0 Å². The molecule has 2 nitrogen and oxygen atoms in total. The number of aryl methyl sites for hydroxylation is 1. The Labute approximate surface area is 113 Å². The fraction of sp³-hybridized carbons (Fsp3) is 0.333. The van der Waals surface area contributed by atoms with Crippen LogP contribution in [0.1, 0.15) is 23.8 Å². The molecule has 0 atom stereocenters. The van der Waals surface area contributed by atoms with Gasteiger partial charge in [0, 0.05) is 11.4 Å². The van der Waals surface area contributed by atoms with E-state index in [0.29, 0.717) is 0 Å². The van der Waals surface area contributed by atoms with Crippen LogP contribution < -0.4 is 10.1 Å². The monoisotopic (exact) mass is 261 g/mol. The van der Waals surface area contributed by atoms with Gasteiger partial charge in [0.25, 0.3) is 0 Å². The van der Waals surface area contributed by atoms with E-state index in [2.05, 4.69) is 54.9 Å². The van der Waals surface area contributed by atoms with Gasteiger partial charge in [0.1, 0.15) is 5.75 Å². The average Bonchev–Trinajstić information content (AvgIpc) is 2.88. The van der Waals surface area contributed by atoms with Crippen molar-refractivity contribution in [1.82, 2.24) is 0 Å². The van der Waals surface area contributed by atoms with E-state index in [-0.39, 0.29) is 0 Å². The molecule has 2 rings (SSSR count). The van der Waals surface area contributed by atoms with Gasteiger partial charge in [0.15, 0.2) is 0 Å². The summed E-state index contributed by atoms with van der Waals surface area (Å²) in [6.07, 6.45) is 1.03. The molecular weight excluding hydrogens is 242 g/mol. The number of rotatable bonds is 6. The predicted molar refractivity (Wildman–Crippen MR) is 78.6 cm³/mol. The number of hydrogen-bond acceptors (Lipinski definition) is 3. The van der Waals surface area contributed by atoms with Crippen molar-refractivity contribution in [2.24, 2.45) is 0 Å². The molecule has 0 unspecified atom stereocenters. The molecular formula is C15H19NOS. The molecule has 0 aliphatic heterocycles. The SMILES string of the molecule is CCCOc1cc(C)ccc1NCc1cccs1. The van der Waals surface area contributed by atoms with Gasteiger partial charge in [-0.05, 0) is 42.5 Å². The molecule has 0 bridgehead atoms. The van der Waals surface area contributed by atoms with E-state index in [1.807, 2.05) is 0 Å². The highest BCUT2D eigenvalue weighted by Crippen LogP contribution is 2.26. The molecule has 96 valence electrons. The number of ether oxygens (including phenoxy) is 1. The fourth-order valence-electron chi connectivity index (χ4n) is 1.70. The van der Waals surface area contributed by atoms with Crippen LogP contribution in [0.3, 0.4) is 0 Å². The summed E-state index contributed by atoms with van der Waals surface area (Å²) in [6.45, 7) is 5.82. The molecule has 1 aromatic carbocycles. The van der Waals surface area contributed by atoms with Crippen LogP contribution in [0.15, 0.2) is 35.7 Å². The van der Waals surface area contributed by atoms with Gasteiger partial charge in [0.05, 0.1) is 12.3 Å². The molecule has 0 spiro atoms. The van der Waals surface area contributed by atoms with E-state index in [0.717, 1.165) is 31.0 Å². The summed E-state index contributed by atoms with van der Waals surface area (Å²) in [5.41, 5.74) is 2.30. The highest BCUT2D eigenvalue weighted by atomic mass is 32.1. The lowest BCUT2D eigenvalue weighted by atomic mass is 10.2. The van der Waals surface area contributed by atoms with Crippen LogP contribution in [-0.2, 0) is 6.54 Å². The molecule has 0 aliphatic carbocycles. The Hall–Kier alpha value is -1.48. The topological polar surface area (TPSA) is 21.3 Å². The maximum Gasteiger partial charge on any atom is 0.142 e. The third-order valence-corrected chi connectivity index (χ3v) is 3.51. The Kier molecular flexibility index (Phi) is 4.65. The Morgan fingerprint density at radius 1 is 1.28 bits per heavy atom. The van der Waals surface area contributed by atoms with Crippen molar-refractivity contribution in [3.63, 3.8) is 0 Å². The van der Waals surface area contributed by atoms with E-state index in [1.165, 1.54) is 10.4 Å². The van der Waals surface area contributed by atoms with E-state index in [1.54, 1.807) is 11.3 Å². The molecule has 0 fully saturated rings. The minimum absolute atomic E-state index is 0.761. The zero-order valence-electron chi connectivity index (χ0n) is 10.9. The van der Waals surface area contributed by atoms with Crippen molar-refractivity contribution in [3.05, 3.63) is 46.2 Å². The first-order valence-corrected chi connectivity index (χ1v) is 7.17. The summed E-state index contributed by atoms with van der Waals surface area (Å²) < 4.78 is 5.78. The van der Waals surface area contributed by atoms with Crippen molar-refractivity contribution in [2.75, 3.05) is 11.9 Å². The van der Waals surface area contributed by atoms with Crippen molar-refractivity contribution in [3.8, 4) is 5.75 Å². The summed E-state index contributed by atoms with van der Waals surface area (Å²) in [5.74, 6) is 0.952. The first kappa shape index (κ1) is 13.0. The molecule has 0 radical (unpaired) electrons. The minimum atomic E-state index is 0.761. The lowest BCUT2D eigenvalue weighted by Crippen LogP contribution is -2.03. The van der Waals surface area contributed by atoms with E-state index in [9.17, 15) is 0 Å². The van der Waals surface area contributed by atoms with E-state index < -0.39 is 0 Å². The Morgan fingerprint density at radius 2 is 2.17 bits per heavy atom. The first-order valence-electron chi connectivity index (χ1n) is 6.29. The smallest absolute Gasteiger partial charge is 0.142 e. The van der Waals surface area contributed by atoms with Crippen molar-refractivity contribution in [2.45, 2.75) is 26.8 Å². The van der Waals surface area contributed by atoms with Crippen molar-refractivity contribution in [1.29, 1.82) is 0 Å². The van der Waals surface area contributed by atoms with E-state index >= 15 is 0 Å². The third-order valence-electron chi connectivity index (χ3n) is 2.63. The third kappa shape index (κ3) is 3.50. The maximum absolute atomic E-state index is 5.78. The summed E-state index contributed by atoms with van der Waals surface area (Å²) >= 11 is 1.77. The second-order valence-electron chi connectivity index (χ2n) is 4.28. The normalized spacial score (nSPS) is 10.3. The summed E-state index contributed by atoms with van der Waals surface area (Å²) in [5, 5.41) is 5.54. The molecule has 1 heterocycles. The van der Waals surface area contributed by atoms with Crippen LogP contribution in [0, 0.1) is 6.92 Å². The molecule has 18 heavy (non-hydrogen) atoms. The lowest BCUT2D eigenvalue weighted by Gasteiger charge is -2.13. The molecule has 0 aliphatic rings. The predicted octanol–water partition coefficient (Wildman–Crippen LogP) is 4.46. The van der Waals surface area contributed by atoms with Crippen LogP contribution in [0.5, 0.6) is 5.75 Å². The van der Waals surface area contributed by atoms with Gasteiger partial charge in [-0.1, -0.05) is 19.1 Å². The minimum Gasteiger partial charge on any atom is -0.491 e. The van der Waals surface area contributed by atoms with Crippen molar-refractivity contribution < 1.29 is 4.74 Å². The Bertz CT molecular complexity index is 479. The summed E-state index contributed by atoms with van der Waals surface area (Å²) in [4.78, 5) is 1.33. The van der Waals surface area contributed by atoms with Crippen LogP contribution in [0.25, 0.3) is 0 Å². The lowest BCUT2D eigenvalue weighted by molar-refractivity contribution is 0.318. The second kappa shape index (κ2) is 6.45. The van der Waals surface area contributed by atoms with Gasteiger partial charge in [-0.3, -0.25) is 0 Å². The van der Waals surface area contributed by atoms with Crippen LogP contribution >= 0.6 is 11.3 Å². The molecule has 2 aromatic rings. The van der Waals surface area contributed by atoms with Crippen LogP contribution in [0.4, 0.5) is 5.69 Å². The number of anilines is 1. The van der Waals surface area contributed by atoms with Gasteiger partial charge in [-0.25, -0.2) is 0 Å². The zero-order chi connectivity index (χ0) is 12.8. The maximum atomic E-state index is 5.78.